The topological polar surface area (TPSA) is 58.6 Å². The molecule has 1 aliphatic rings. The Morgan fingerprint density at radius 1 is 1.35 bits per heavy atom. The first kappa shape index (κ1) is 11.4. The van der Waals surface area contributed by atoms with E-state index in [1.807, 2.05) is 19.1 Å². The molecule has 0 aliphatic carbocycles. The number of ether oxygens (including phenoxy) is 1. The SMILES string of the molecule is COc1ccccc1N1C[C@H](C)NC(=O)C1=O. The van der Waals surface area contributed by atoms with Gasteiger partial charge in [-0.15, -0.1) is 0 Å². The number of methoxy groups -OCH3 is 1. The predicted octanol–water partition coefficient (Wildman–Crippen LogP) is 0.546. The lowest BCUT2D eigenvalue weighted by Gasteiger charge is -2.31. The maximum absolute atomic E-state index is 11.8. The number of carbonyl (C=O) groups is 2. The van der Waals surface area contributed by atoms with Crippen LogP contribution in [0.2, 0.25) is 0 Å². The smallest absolute Gasteiger partial charge is 0.316 e. The van der Waals surface area contributed by atoms with E-state index in [4.69, 9.17) is 4.74 Å². The number of hydrogen-bond acceptors (Lipinski definition) is 3. The van der Waals surface area contributed by atoms with Gasteiger partial charge < -0.3 is 10.1 Å². The van der Waals surface area contributed by atoms with Crippen molar-refractivity contribution in [2.24, 2.45) is 0 Å². The van der Waals surface area contributed by atoms with Gasteiger partial charge in [-0.3, -0.25) is 14.5 Å². The van der Waals surface area contributed by atoms with Gasteiger partial charge in [0.15, 0.2) is 0 Å². The third-order valence-corrected chi connectivity index (χ3v) is 2.65. The second-order valence-corrected chi connectivity index (χ2v) is 3.96. The Hall–Kier alpha value is -2.04. The van der Waals surface area contributed by atoms with Gasteiger partial charge in [-0.1, -0.05) is 12.1 Å². The average molecular weight is 234 g/mol. The van der Waals surface area contributed by atoms with Gasteiger partial charge in [0.1, 0.15) is 5.75 Å². The maximum Gasteiger partial charge on any atom is 0.316 e. The molecule has 90 valence electrons. The molecule has 0 aromatic heterocycles. The number of nitrogens with zero attached hydrogens (tertiary/aromatic N) is 1. The number of piperazine rings is 1. The second kappa shape index (κ2) is 4.45. The fourth-order valence-corrected chi connectivity index (χ4v) is 1.87. The van der Waals surface area contributed by atoms with Gasteiger partial charge in [-0.25, -0.2) is 0 Å². The summed E-state index contributed by atoms with van der Waals surface area (Å²) in [6.07, 6.45) is 0. The Balaban J connectivity index is 2.37. The molecular weight excluding hydrogens is 220 g/mol. The summed E-state index contributed by atoms with van der Waals surface area (Å²) in [6, 6.07) is 7.09. The average Bonchev–Trinajstić information content (AvgIpc) is 2.33. The molecule has 5 heteroatoms. The van der Waals surface area contributed by atoms with Crippen LogP contribution in [-0.2, 0) is 9.59 Å². The summed E-state index contributed by atoms with van der Waals surface area (Å²) >= 11 is 0. The molecule has 2 amide bonds. The van der Waals surface area contributed by atoms with E-state index >= 15 is 0 Å². The number of para-hydroxylation sites is 2. The Bertz CT molecular complexity index is 459. The molecule has 0 unspecified atom stereocenters. The quantitative estimate of drug-likeness (QED) is 0.760. The van der Waals surface area contributed by atoms with Crippen molar-refractivity contribution in [3.63, 3.8) is 0 Å². The highest BCUT2D eigenvalue weighted by atomic mass is 16.5. The fourth-order valence-electron chi connectivity index (χ4n) is 1.87. The molecule has 1 aromatic rings. The normalized spacial score (nSPS) is 20.1. The predicted molar refractivity (Wildman–Crippen MR) is 63.0 cm³/mol. The van der Waals surface area contributed by atoms with Gasteiger partial charge in [-0.05, 0) is 19.1 Å². The van der Waals surface area contributed by atoms with E-state index in [2.05, 4.69) is 5.32 Å². The monoisotopic (exact) mass is 234 g/mol. The van der Waals surface area contributed by atoms with Crippen LogP contribution in [0.4, 0.5) is 5.69 Å². The first-order valence-electron chi connectivity index (χ1n) is 5.39. The molecule has 1 N–H and O–H groups in total. The van der Waals surface area contributed by atoms with E-state index in [9.17, 15) is 9.59 Å². The van der Waals surface area contributed by atoms with E-state index in [1.54, 1.807) is 12.1 Å². The Morgan fingerprint density at radius 2 is 2.06 bits per heavy atom. The molecule has 1 fully saturated rings. The Morgan fingerprint density at radius 3 is 2.76 bits per heavy atom. The van der Waals surface area contributed by atoms with Gasteiger partial charge >= 0.3 is 11.8 Å². The van der Waals surface area contributed by atoms with Crippen molar-refractivity contribution in [3.05, 3.63) is 24.3 Å². The summed E-state index contributed by atoms with van der Waals surface area (Å²) in [6.45, 7) is 2.30. The molecular formula is C12H14N2O3. The van der Waals surface area contributed by atoms with Crippen molar-refractivity contribution < 1.29 is 14.3 Å². The zero-order valence-corrected chi connectivity index (χ0v) is 9.77. The second-order valence-electron chi connectivity index (χ2n) is 3.96. The molecule has 1 aromatic carbocycles. The summed E-state index contributed by atoms with van der Waals surface area (Å²) in [7, 11) is 1.54. The van der Waals surface area contributed by atoms with E-state index in [1.165, 1.54) is 12.0 Å². The molecule has 2 rings (SSSR count). The van der Waals surface area contributed by atoms with Crippen molar-refractivity contribution in [2.45, 2.75) is 13.0 Å². The summed E-state index contributed by atoms with van der Waals surface area (Å²) in [4.78, 5) is 24.7. The lowest BCUT2D eigenvalue weighted by molar-refractivity contribution is -0.139. The van der Waals surface area contributed by atoms with Crippen molar-refractivity contribution in [2.75, 3.05) is 18.6 Å². The highest BCUT2D eigenvalue weighted by molar-refractivity contribution is 6.41. The van der Waals surface area contributed by atoms with Crippen molar-refractivity contribution in [1.29, 1.82) is 0 Å². The van der Waals surface area contributed by atoms with Crippen LogP contribution in [0.5, 0.6) is 5.75 Å². The molecule has 0 radical (unpaired) electrons. The molecule has 1 saturated heterocycles. The summed E-state index contributed by atoms with van der Waals surface area (Å²) in [5.74, 6) is -0.537. The summed E-state index contributed by atoms with van der Waals surface area (Å²) < 4.78 is 5.19. The number of anilines is 1. The standard InChI is InChI=1S/C12H14N2O3/c1-8-7-14(12(16)11(15)13-8)9-5-3-4-6-10(9)17-2/h3-6,8H,7H2,1-2H3,(H,13,15)/t8-/m0/s1. The number of nitrogens with one attached hydrogen (secondary N) is 1. The molecule has 0 spiro atoms. The minimum Gasteiger partial charge on any atom is -0.495 e. The van der Waals surface area contributed by atoms with Gasteiger partial charge in [0, 0.05) is 12.6 Å². The van der Waals surface area contributed by atoms with E-state index in [0.29, 0.717) is 18.0 Å². The number of carbonyl (C=O) groups excluding carboxylic acids is 2. The minimum atomic E-state index is -0.574. The van der Waals surface area contributed by atoms with Crippen LogP contribution >= 0.6 is 0 Å². The highest BCUT2D eigenvalue weighted by Crippen LogP contribution is 2.28. The first-order valence-corrected chi connectivity index (χ1v) is 5.39. The van der Waals surface area contributed by atoms with Crippen LogP contribution in [0, 0.1) is 0 Å². The molecule has 17 heavy (non-hydrogen) atoms. The number of amides is 2. The molecule has 1 heterocycles. The van der Waals surface area contributed by atoms with Gasteiger partial charge in [0.25, 0.3) is 0 Å². The minimum absolute atomic E-state index is 0.0647. The first-order chi connectivity index (χ1) is 8.13. The van der Waals surface area contributed by atoms with E-state index < -0.39 is 11.8 Å². The van der Waals surface area contributed by atoms with Crippen LogP contribution in [0.3, 0.4) is 0 Å². The molecule has 0 bridgehead atoms. The van der Waals surface area contributed by atoms with E-state index in [0.717, 1.165) is 0 Å². The molecule has 0 saturated carbocycles. The van der Waals surface area contributed by atoms with Crippen LogP contribution in [-0.4, -0.2) is 31.5 Å². The van der Waals surface area contributed by atoms with Gasteiger partial charge in [0.2, 0.25) is 0 Å². The lowest BCUT2D eigenvalue weighted by atomic mass is 10.2. The zero-order valence-electron chi connectivity index (χ0n) is 9.77. The largest absolute Gasteiger partial charge is 0.495 e. The lowest BCUT2D eigenvalue weighted by Crippen LogP contribution is -2.56. The van der Waals surface area contributed by atoms with Crippen molar-refractivity contribution in [1.82, 2.24) is 5.32 Å². The zero-order chi connectivity index (χ0) is 12.4. The summed E-state index contributed by atoms with van der Waals surface area (Å²) in [5.41, 5.74) is 0.627. The van der Waals surface area contributed by atoms with Crippen LogP contribution in [0.25, 0.3) is 0 Å². The third kappa shape index (κ3) is 2.08. The van der Waals surface area contributed by atoms with Crippen molar-refractivity contribution in [3.8, 4) is 5.75 Å². The Labute approximate surface area is 99.4 Å². The number of benzene rings is 1. The van der Waals surface area contributed by atoms with Crippen LogP contribution in [0.15, 0.2) is 24.3 Å². The maximum atomic E-state index is 11.8. The van der Waals surface area contributed by atoms with Gasteiger partial charge in [0.05, 0.1) is 12.8 Å². The summed E-state index contributed by atoms with van der Waals surface area (Å²) in [5, 5.41) is 2.60. The van der Waals surface area contributed by atoms with Crippen LogP contribution < -0.4 is 15.0 Å². The molecule has 5 nitrogen and oxygen atoms in total. The highest BCUT2D eigenvalue weighted by Gasteiger charge is 2.32. The van der Waals surface area contributed by atoms with Crippen LogP contribution in [0.1, 0.15) is 6.92 Å². The fraction of sp³-hybridized carbons (Fsp3) is 0.333. The van der Waals surface area contributed by atoms with E-state index in [-0.39, 0.29) is 6.04 Å². The number of hydrogen-bond donors (Lipinski definition) is 1. The Kier molecular flexibility index (Phi) is 2.99. The number of rotatable bonds is 2. The van der Waals surface area contributed by atoms with Crippen molar-refractivity contribution >= 4 is 17.5 Å². The molecule has 1 atom stereocenters. The molecule has 1 aliphatic heterocycles. The third-order valence-electron chi connectivity index (χ3n) is 2.65. The van der Waals surface area contributed by atoms with Gasteiger partial charge in [-0.2, -0.15) is 0 Å².